The summed E-state index contributed by atoms with van der Waals surface area (Å²) in [5.74, 6) is 2.36. The molecule has 0 aromatic heterocycles. The number of hydrogen-bond donors (Lipinski definition) is 0. The lowest BCUT2D eigenvalue weighted by atomic mass is 10.1. The molecule has 0 N–H and O–H groups in total. The molecular weight excluding hydrogens is 413 g/mol. The summed E-state index contributed by atoms with van der Waals surface area (Å²) in [6, 6.07) is 11.0. The molecule has 2 aromatic rings. The van der Waals surface area contributed by atoms with Crippen molar-refractivity contribution < 1.29 is 27.4 Å². The maximum Gasteiger partial charge on any atom is 0.416 e. The Morgan fingerprint density at radius 3 is 2.33 bits per heavy atom. The summed E-state index contributed by atoms with van der Waals surface area (Å²) in [5, 5.41) is 0. The van der Waals surface area contributed by atoms with Gasteiger partial charge in [0.15, 0.2) is 0 Å². The summed E-state index contributed by atoms with van der Waals surface area (Å²) < 4.78 is 54.7. The normalized spacial score (nSPS) is 12.6. The lowest BCUT2D eigenvalue weighted by Crippen LogP contribution is -2.17. The van der Waals surface area contributed by atoms with E-state index in [-0.39, 0.29) is 5.92 Å². The van der Waals surface area contributed by atoms with Crippen LogP contribution in [0.25, 0.3) is 0 Å². The van der Waals surface area contributed by atoms with Gasteiger partial charge in [-0.3, -0.25) is 0 Å². The van der Waals surface area contributed by atoms with Crippen molar-refractivity contribution in [2.45, 2.75) is 37.8 Å². The van der Waals surface area contributed by atoms with E-state index in [1.165, 1.54) is 12.1 Å². The molecule has 3 nitrogen and oxygen atoms in total. The second-order valence-corrected chi connectivity index (χ2v) is 8.16. The topological polar surface area (TPSA) is 27.7 Å². The van der Waals surface area contributed by atoms with Crippen LogP contribution in [0.15, 0.2) is 47.4 Å². The Morgan fingerprint density at radius 2 is 1.73 bits per heavy atom. The molecule has 0 bridgehead atoms. The fourth-order valence-electron chi connectivity index (χ4n) is 2.75. The van der Waals surface area contributed by atoms with E-state index in [0.717, 1.165) is 46.9 Å². The van der Waals surface area contributed by atoms with Gasteiger partial charge in [-0.2, -0.15) is 13.2 Å². The molecule has 7 heteroatoms. The summed E-state index contributed by atoms with van der Waals surface area (Å²) >= 11 is 1.73. The van der Waals surface area contributed by atoms with Gasteiger partial charge in [0.2, 0.25) is 0 Å². The van der Waals surface area contributed by atoms with E-state index in [0.29, 0.717) is 25.6 Å². The molecule has 0 heterocycles. The van der Waals surface area contributed by atoms with E-state index in [1.807, 2.05) is 19.1 Å². The molecule has 0 amide bonds. The Hall–Kier alpha value is -1.86. The first kappa shape index (κ1) is 24.4. The zero-order chi connectivity index (χ0) is 22.0. The highest BCUT2D eigenvalue weighted by atomic mass is 32.2. The van der Waals surface area contributed by atoms with Crippen molar-refractivity contribution in [1.82, 2.24) is 0 Å². The van der Waals surface area contributed by atoms with Gasteiger partial charge in [-0.05, 0) is 67.8 Å². The average Bonchev–Trinajstić information content (AvgIpc) is 2.72. The number of thioether (sulfide) groups is 1. The number of halogens is 3. The smallest absolute Gasteiger partial charge is 0.416 e. The van der Waals surface area contributed by atoms with Crippen molar-refractivity contribution in [3.8, 4) is 11.5 Å². The molecule has 0 saturated carbocycles. The molecule has 0 radical (unpaired) electrons. The molecule has 1 unspecified atom stereocenters. The van der Waals surface area contributed by atoms with Crippen molar-refractivity contribution in [2.24, 2.45) is 5.92 Å². The molecule has 0 saturated heterocycles. The predicted molar refractivity (Wildman–Crippen MR) is 115 cm³/mol. The van der Waals surface area contributed by atoms with Gasteiger partial charge in [-0.15, -0.1) is 11.8 Å². The number of aryl methyl sites for hydroxylation is 1. The van der Waals surface area contributed by atoms with Gasteiger partial charge < -0.3 is 14.2 Å². The van der Waals surface area contributed by atoms with Crippen LogP contribution in [0, 0.1) is 12.8 Å². The third-order valence-electron chi connectivity index (χ3n) is 4.49. The van der Waals surface area contributed by atoms with Crippen LogP contribution in [0.2, 0.25) is 0 Å². The van der Waals surface area contributed by atoms with Crippen molar-refractivity contribution in [2.75, 3.05) is 32.7 Å². The van der Waals surface area contributed by atoms with Crippen LogP contribution < -0.4 is 9.47 Å². The van der Waals surface area contributed by atoms with E-state index in [2.05, 4.69) is 13.0 Å². The highest BCUT2D eigenvalue weighted by molar-refractivity contribution is 7.99. The lowest BCUT2D eigenvalue weighted by Gasteiger charge is -2.18. The van der Waals surface area contributed by atoms with E-state index < -0.39 is 11.7 Å². The van der Waals surface area contributed by atoms with Crippen LogP contribution in [0.1, 0.15) is 30.9 Å². The zero-order valence-electron chi connectivity index (χ0n) is 17.6. The van der Waals surface area contributed by atoms with Gasteiger partial charge >= 0.3 is 6.18 Å². The van der Waals surface area contributed by atoms with Crippen LogP contribution >= 0.6 is 11.8 Å². The van der Waals surface area contributed by atoms with Crippen molar-refractivity contribution in [1.29, 1.82) is 0 Å². The minimum atomic E-state index is -4.34. The molecule has 0 aliphatic carbocycles. The molecule has 2 rings (SSSR count). The molecule has 0 aliphatic heterocycles. The third-order valence-corrected chi connectivity index (χ3v) is 5.72. The highest BCUT2D eigenvalue weighted by Crippen LogP contribution is 2.31. The largest absolute Gasteiger partial charge is 0.493 e. The fourth-order valence-corrected chi connectivity index (χ4v) is 3.87. The predicted octanol–water partition coefficient (Wildman–Crippen LogP) is 6.63. The van der Waals surface area contributed by atoms with Crippen LogP contribution in [0.4, 0.5) is 13.2 Å². The Morgan fingerprint density at radius 1 is 1.00 bits per heavy atom. The third kappa shape index (κ3) is 8.11. The summed E-state index contributed by atoms with van der Waals surface area (Å²) in [7, 11) is 1.65. The van der Waals surface area contributed by atoms with Crippen molar-refractivity contribution in [3.63, 3.8) is 0 Å². The van der Waals surface area contributed by atoms with Gasteiger partial charge in [0.1, 0.15) is 11.5 Å². The van der Waals surface area contributed by atoms with Crippen LogP contribution in [0.3, 0.4) is 0 Å². The Balaban J connectivity index is 1.91. The fraction of sp³-hybridized carbons (Fsp3) is 0.478. The van der Waals surface area contributed by atoms with E-state index in [1.54, 1.807) is 18.9 Å². The SMILES string of the molecule is CCCOc1ccc(SCC(CCOC)COc2ccc(C(F)(F)F)cc2)cc1C. The first-order valence-electron chi connectivity index (χ1n) is 9.98. The minimum absolute atomic E-state index is 0.202. The van der Waals surface area contributed by atoms with Crippen LogP contribution in [-0.4, -0.2) is 32.7 Å². The average molecular weight is 443 g/mol. The van der Waals surface area contributed by atoms with Gasteiger partial charge in [0, 0.05) is 30.3 Å². The molecule has 166 valence electrons. The quantitative estimate of drug-likeness (QED) is 0.345. The number of benzene rings is 2. The van der Waals surface area contributed by atoms with Crippen LogP contribution in [0.5, 0.6) is 11.5 Å². The maximum absolute atomic E-state index is 12.7. The van der Waals surface area contributed by atoms with E-state index in [9.17, 15) is 13.2 Å². The number of rotatable bonds is 12. The number of ether oxygens (including phenoxy) is 3. The Bertz CT molecular complexity index is 763. The number of alkyl halides is 3. The van der Waals surface area contributed by atoms with Crippen molar-refractivity contribution >= 4 is 11.8 Å². The minimum Gasteiger partial charge on any atom is -0.493 e. The summed E-state index contributed by atoms with van der Waals surface area (Å²) in [4.78, 5) is 1.15. The van der Waals surface area contributed by atoms with Crippen LogP contribution in [-0.2, 0) is 10.9 Å². The molecular formula is C23H29F3O3S. The molecule has 0 spiro atoms. The molecule has 0 aliphatic rings. The molecule has 0 fully saturated rings. The first-order chi connectivity index (χ1) is 14.3. The zero-order valence-corrected chi connectivity index (χ0v) is 18.4. The molecule has 30 heavy (non-hydrogen) atoms. The lowest BCUT2D eigenvalue weighted by molar-refractivity contribution is -0.137. The van der Waals surface area contributed by atoms with Crippen molar-refractivity contribution in [3.05, 3.63) is 53.6 Å². The Labute approximate surface area is 180 Å². The second-order valence-electron chi connectivity index (χ2n) is 7.07. The monoisotopic (exact) mass is 442 g/mol. The van der Waals surface area contributed by atoms with Gasteiger partial charge in [-0.25, -0.2) is 0 Å². The summed E-state index contributed by atoms with van der Waals surface area (Å²) in [6.45, 7) is 5.83. The number of methoxy groups -OCH3 is 1. The second kappa shape index (κ2) is 12.1. The molecule has 1 atom stereocenters. The summed E-state index contributed by atoms with van der Waals surface area (Å²) in [5.41, 5.74) is 0.422. The van der Waals surface area contributed by atoms with Gasteiger partial charge in [0.05, 0.1) is 18.8 Å². The first-order valence-corrected chi connectivity index (χ1v) is 11.0. The van der Waals surface area contributed by atoms with E-state index >= 15 is 0 Å². The number of hydrogen-bond acceptors (Lipinski definition) is 4. The van der Waals surface area contributed by atoms with Gasteiger partial charge in [-0.1, -0.05) is 6.92 Å². The highest BCUT2D eigenvalue weighted by Gasteiger charge is 2.30. The summed E-state index contributed by atoms with van der Waals surface area (Å²) in [6.07, 6.45) is -2.57. The standard InChI is InChI=1S/C23H29F3O3S/c1-4-12-28-22-10-9-21(14-17(22)2)30-16-18(11-13-27-3)15-29-20-7-5-19(6-8-20)23(24,25)26/h5-10,14,18H,4,11-13,15-16H2,1-3H3. The Kier molecular flexibility index (Phi) is 9.85. The van der Waals surface area contributed by atoms with E-state index in [4.69, 9.17) is 14.2 Å². The van der Waals surface area contributed by atoms with Gasteiger partial charge in [0.25, 0.3) is 0 Å². The maximum atomic E-state index is 12.7. The molecule has 2 aromatic carbocycles.